The molecule has 3 nitrogen and oxygen atoms in total. The highest BCUT2D eigenvalue weighted by Gasteiger charge is 2.39. The van der Waals surface area contributed by atoms with Crippen LogP contribution < -0.4 is 11.3 Å². The second-order valence-electron chi connectivity index (χ2n) is 3.40. The Bertz CT molecular complexity index is 212. The van der Waals surface area contributed by atoms with Crippen molar-refractivity contribution in [1.29, 1.82) is 0 Å². The SMILES string of the molecule is NNC(=O)[C@H]1C[C@@H]2C=C[C@H]1C2. The fourth-order valence-electron chi connectivity index (χ4n) is 2.19. The number of carbonyl (C=O) groups is 1. The van der Waals surface area contributed by atoms with E-state index in [1.165, 1.54) is 0 Å². The molecule has 3 heteroatoms. The minimum atomic E-state index is 0.00171. The molecule has 11 heavy (non-hydrogen) atoms. The van der Waals surface area contributed by atoms with Gasteiger partial charge in [-0.25, -0.2) is 5.84 Å². The van der Waals surface area contributed by atoms with Crippen molar-refractivity contribution in [3.05, 3.63) is 12.2 Å². The molecule has 2 rings (SSSR count). The summed E-state index contributed by atoms with van der Waals surface area (Å²) in [7, 11) is 0. The number of hydrogen-bond acceptors (Lipinski definition) is 2. The summed E-state index contributed by atoms with van der Waals surface area (Å²) >= 11 is 0. The van der Waals surface area contributed by atoms with Gasteiger partial charge in [0.1, 0.15) is 0 Å². The van der Waals surface area contributed by atoms with Crippen LogP contribution in [0.2, 0.25) is 0 Å². The minimum Gasteiger partial charge on any atom is -0.294 e. The minimum absolute atomic E-state index is 0.00171. The summed E-state index contributed by atoms with van der Waals surface area (Å²) in [6, 6.07) is 0. The Morgan fingerprint density at radius 2 is 2.27 bits per heavy atom. The van der Waals surface area contributed by atoms with E-state index in [2.05, 4.69) is 17.6 Å². The summed E-state index contributed by atoms with van der Waals surface area (Å²) < 4.78 is 0. The van der Waals surface area contributed by atoms with Crippen molar-refractivity contribution in [3.8, 4) is 0 Å². The standard InChI is InChI=1S/C8H12N2O/c9-10-8(11)7-4-5-1-2-6(7)3-5/h1-2,5-7H,3-4,9H2,(H,10,11)/t5-,6+,7+/m1/s1. The van der Waals surface area contributed by atoms with Gasteiger partial charge < -0.3 is 0 Å². The Labute approximate surface area is 65.6 Å². The van der Waals surface area contributed by atoms with Crippen molar-refractivity contribution in [1.82, 2.24) is 5.43 Å². The van der Waals surface area contributed by atoms with E-state index in [-0.39, 0.29) is 11.8 Å². The first-order valence-electron chi connectivity index (χ1n) is 4.00. The molecule has 3 N–H and O–H groups in total. The predicted octanol–water partition coefficient (Wildman–Crippen LogP) is 0.188. The molecule has 0 saturated heterocycles. The molecule has 0 aromatic rings. The number of rotatable bonds is 1. The van der Waals surface area contributed by atoms with Crippen molar-refractivity contribution < 1.29 is 4.79 Å². The van der Waals surface area contributed by atoms with E-state index in [0.717, 1.165) is 12.8 Å². The molecule has 2 aliphatic rings. The molecule has 60 valence electrons. The molecule has 2 bridgehead atoms. The monoisotopic (exact) mass is 152 g/mol. The summed E-state index contributed by atoms with van der Waals surface area (Å²) in [4.78, 5) is 11.1. The highest BCUT2D eigenvalue weighted by Crippen LogP contribution is 2.43. The van der Waals surface area contributed by atoms with Crippen LogP contribution in [0.15, 0.2) is 12.2 Å². The van der Waals surface area contributed by atoms with Crippen LogP contribution in [0.5, 0.6) is 0 Å². The number of fused-ring (bicyclic) bond motifs is 2. The van der Waals surface area contributed by atoms with Gasteiger partial charge in [0.05, 0.1) is 0 Å². The highest BCUT2D eigenvalue weighted by molar-refractivity contribution is 5.79. The summed E-state index contributed by atoms with van der Waals surface area (Å²) in [5.41, 5.74) is 2.22. The van der Waals surface area contributed by atoms with Gasteiger partial charge in [0, 0.05) is 5.92 Å². The smallest absolute Gasteiger partial charge is 0.237 e. The van der Waals surface area contributed by atoms with Crippen LogP contribution in [-0.2, 0) is 4.79 Å². The van der Waals surface area contributed by atoms with E-state index in [1.54, 1.807) is 0 Å². The molecular formula is C8H12N2O. The topological polar surface area (TPSA) is 55.1 Å². The third-order valence-corrected chi connectivity index (χ3v) is 2.76. The number of amides is 1. The largest absolute Gasteiger partial charge is 0.294 e. The van der Waals surface area contributed by atoms with Crippen molar-refractivity contribution >= 4 is 5.91 Å². The zero-order chi connectivity index (χ0) is 7.84. The number of nitrogens with two attached hydrogens (primary N) is 1. The first kappa shape index (κ1) is 6.85. The highest BCUT2D eigenvalue weighted by atomic mass is 16.2. The lowest BCUT2D eigenvalue weighted by Crippen LogP contribution is -2.37. The lowest BCUT2D eigenvalue weighted by Gasteiger charge is -2.15. The maximum absolute atomic E-state index is 11.1. The van der Waals surface area contributed by atoms with Crippen LogP contribution >= 0.6 is 0 Å². The zero-order valence-electron chi connectivity index (χ0n) is 6.29. The van der Waals surface area contributed by atoms with Gasteiger partial charge >= 0.3 is 0 Å². The van der Waals surface area contributed by atoms with Gasteiger partial charge in [-0.1, -0.05) is 12.2 Å². The molecular weight excluding hydrogens is 140 g/mol. The van der Waals surface area contributed by atoms with Gasteiger partial charge in [0.2, 0.25) is 5.91 Å². The first-order chi connectivity index (χ1) is 5.31. The van der Waals surface area contributed by atoms with Crippen LogP contribution in [0.25, 0.3) is 0 Å². The average Bonchev–Trinajstić information content (AvgIpc) is 2.62. The second-order valence-corrected chi connectivity index (χ2v) is 3.40. The quantitative estimate of drug-likeness (QED) is 0.244. The Hall–Kier alpha value is -0.830. The Morgan fingerprint density at radius 3 is 2.73 bits per heavy atom. The fourth-order valence-corrected chi connectivity index (χ4v) is 2.19. The van der Waals surface area contributed by atoms with Gasteiger partial charge in [0.15, 0.2) is 0 Å². The molecule has 0 unspecified atom stereocenters. The lowest BCUT2D eigenvalue weighted by molar-refractivity contribution is -0.125. The van der Waals surface area contributed by atoms with E-state index in [4.69, 9.17) is 5.84 Å². The number of carbonyl (C=O) groups excluding carboxylic acids is 1. The van der Waals surface area contributed by atoms with E-state index in [1.807, 2.05) is 0 Å². The van der Waals surface area contributed by atoms with Crippen molar-refractivity contribution in [2.75, 3.05) is 0 Å². The van der Waals surface area contributed by atoms with Gasteiger partial charge in [0.25, 0.3) is 0 Å². The normalized spacial score (nSPS) is 39.5. The van der Waals surface area contributed by atoms with Crippen molar-refractivity contribution in [2.24, 2.45) is 23.6 Å². The molecule has 1 amide bonds. The third-order valence-electron chi connectivity index (χ3n) is 2.76. The maximum Gasteiger partial charge on any atom is 0.237 e. The van der Waals surface area contributed by atoms with Crippen LogP contribution in [0.3, 0.4) is 0 Å². The molecule has 1 fully saturated rings. The molecule has 0 heterocycles. The molecule has 2 aliphatic carbocycles. The summed E-state index contributed by atoms with van der Waals surface area (Å²) in [5.74, 6) is 6.31. The lowest BCUT2D eigenvalue weighted by atomic mass is 9.93. The fraction of sp³-hybridized carbons (Fsp3) is 0.625. The zero-order valence-corrected chi connectivity index (χ0v) is 6.29. The molecule has 0 radical (unpaired) electrons. The Balaban J connectivity index is 2.08. The third kappa shape index (κ3) is 0.959. The van der Waals surface area contributed by atoms with Gasteiger partial charge in [-0.3, -0.25) is 10.2 Å². The molecule has 1 saturated carbocycles. The van der Waals surface area contributed by atoms with Crippen LogP contribution in [-0.4, -0.2) is 5.91 Å². The first-order valence-corrected chi connectivity index (χ1v) is 4.00. The number of nitrogens with one attached hydrogen (secondary N) is 1. The molecule has 0 aromatic heterocycles. The summed E-state index contributed by atoms with van der Waals surface area (Å²) in [6.07, 6.45) is 6.50. The molecule has 3 atom stereocenters. The van der Waals surface area contributed by atoms with E-state index < -0.39 is 0 Å². The molecule has 0 aliphatic heterocycles. The number of hydrazine groups is 1. The van der Waals surface area contributed by atoms with E-state index in [0.29, 0.717) is 11.8 Å². The summed E-state index contributed by atoms with van der Waals surface area (Å²) in [6.45, 7) is 0. The Kier molecular flexibility index (Phi) is 1.46. The molecule has 0 aromatic carbocycles. The van der Waals surface area contributed by atoms with E-state index >= 15 is 0 Å². The summed E-state index contributed by atoms with van der Waals surface area (Å²) in [5, 5.41) is 0. The maximum atomic E-state index is 11.1. The van der Waals surface area contributed by atoms with Gasteiger partial charge in [-0.05, 0) is 24.7 Å². The number of hydrogen-bond donors (Lipinski definition) is 2. The van der Waals surface area contributed by atoms with Gasteiger partial charge in [-0.2, -0.15) is 0 Å². The average molecular weight is 152 g/mol. The van der Waals surface area contributed by atoms with Crippen molar-refractivity contribution in [2.45, 2.75) is 12.8 Å². The molecule has 0 spiro atoms. The van der Waals surface area contributed by atoms with Crippen LogP contribution in [0.4, 0.5) is 0 Å². The van der Waals surface area contributed by atoms with Crippen LogP contribution in [0.1, 0.15) is 12.8 Å². The predicted molar refractivity (Wildman–Crippen MR) is 41.2 cm³/mol. The van der Waals surface area contributed by atoms with E-state index in [9.17, 15) is 4.79 Å². The number of allylic oxidation sites excluding steroid dienone is 2. The Morgan fingerprint density at radius 1 is 1.45 bits per heavy atom. The second kappa shape index (κ2) is 2.34. The van der Waals surface area contributed by atoms with Crippen molar-refractivity contribution in [3.63, 3.8) is 0 Å². The van der Waals surface area contributed by atoms with Crippen LogP contribution in [0, 0.1) is 17.8 Å². The van der Waals surface area contributed by atoms with Gasteiger partial charge in [-0.15, -0.1) is 0 Å².